The highest BCUT2D eigenvalue weighted by molar-refractivity contribution is 5.86. The maximum Gasteiger partial charge on any atom is 0.251 e. The van der Waals surface area contributed by atoms with Crippen molar-refractivity contribution in [3.63, 3.8) is 0 Å². The van der Waals surface area contributed by atoms with Gasteiger partial charge in [0, 0.05) is 18.5 Å². The van der Waals surface area contributed by atoms with Crippen LogP contribution in [0.2, 0.25) is 0 Å². The topological polar surface area (TPSA) is 70.7 Å². The Morgan fingerprint density at radius 2 is 1.96 bits per heavy atom. The first-order chi connectivity index (χ1) is 12.7. The van der Waals surface area contributed by atoms with E-state index in [-0.39, 0.29) is 23.8 Å². The van der Waals surface area contributed by atoms with E-state index in [4.69, 9.17) is 4.74 Å². The fourth-order valence-electron chi connectivity index (χ4n) is 4.06. The van der Waals surface area contributed by atoms with Crippen LogP contribution in [0.5, 0.6) is 0 Å². The number of rotatable bonds is 6. The first-order valence-electron chi connectivity index (χ1n) is 9.61. The van der Waals surface area contributed by atoms with Gasteiger partial charge in [-0.2, -0.15) is 0 Å². The lowest BCUT2D eigenvalue weighted by Gasteiger charge is -2.32. The van der Waals surface area contributed by atoms with E-state index in [9.17, 15) is 9.59 Å². The van der Waals surface area contributed by atoms with Gasteiger partial charge in [-0.3, -0.25) is 9.59 Å². The molecule has 2 atom stereocenters. The number of hydrogen-bond donors (Lipinski definition) is 2. The van der Waals surface area contributed by atoms with Crippen molar-refractivity contribution >= 4 is 11.8 Å². The third-order valence-electron chi connectivity index (χ3n) is 5.78. The number of likely N-dealkylation sites (tertiary alicyclic amines) is 1. The lowest BCUT2D eigenvalue weighted by atomic mass is 9.98. The summed E-state index contributed by atoms with van der Waals surface area (Å²) in [6.45, 7) is 4.07. The van der Waals surface area contributed by atoms with E-state index >= 15 is 0 Å². The van der Waals surface area contributed by atoms with Gasteiger partial charge < -0.3 is 20.3 Å². The van der Waals surface area contributed by atoms with Crippen molar-refractivity contribution in [2.45, 2.75) is 37.8 Å². The average Bonchev–Trinajstić information content (AvgIpc) is 3.23. The van der Waals surface area contributed by atoms with Gasteiger partial charge in [-0.25, -0.2) is 0 Å². The Labute approximate surface area is 154 Å². The van der Waals surface area contributed by atoms with Gasteiger partial charge in [0.15, 0.2) is 6.10 Å². The second-order valence-electron chi connectivity index (χ2n) is 7.89. The molecule has 3 fully saturated rings. The molecule has 0 aromatic heterocycles. The Morgan fingerprint density at radius 1 is 1.23 bits per heavy atom. The normalized spacial score (nSPS) is 27.8. The molecule has 3 aliphatic rings. The number of amides is 2. The minimum Gasteiger partial charge on any atom is -0.356 e. The molecule has 0 bridgehead atoms. The Morgan fingerprint density at radius 3 is 2.65 bits per heavy atom. The maximum absolute atomic E-state index is 12.8. The Bertz CT molecular complexity index is 654. The number of nitrogens with zero attached hydrogens (tertiary/aromatic N) is 1. The summed E-state index contributed by atoms with van der Waals surface area (Å²) >= 11 is 0. The number of carbonyl (C=O) groups excluding carboxylic acids is 2. The molecular weight excluding hydrogens is 330 g/mol. The minimum atomic E-state index is -0.683. The first kappa shape index (κ1) is 17.5. The predicted molar refractivity (Wildman–Crippen MR) is 97.4 cm³/mol. The van der Waals surface area contributed by atoms with Crippen molar-refractivity contribution in [2.24, 2.45) is 5.41 Å². The summed E-state index contributed by atoms with van der Waals surface area (Å²) in [7, 11) is 0. The zero-order valence-corrected chi connectivity index (χ0v) is 15.1. The number of morpholine rings is 1. The van der Waals surface area contributed by atoms with E-state index in [1.807, 2.05) is 30.3 Å². The van der Waals surface area contributed by atoms with Gasteiger partial charge in [0.2, 0.25) is 5.91 Å². The van der Waals surface area contributed by atoms with Crippen molar-refractivity contribution in [1.82, 2.24) is 15.5 Å². The predicted octanol–water partition coefficient (Wildman–Crippen LogP) is 1.23. The Balaban J connectivity index is 1.37. The van der Waals surface area contributed by atoms with Crippen LogP contribution in [0.15, 0.2) is 30.3 Å². The quantitative estimate of drug-likeness (QED) is 0.804. The van der Waals surface area contributed by atoms with Crippen molar-refractivity contribution < 1.29 is 14.3 Å². The summed E-state index contributed by atoms with van der Waals surface area (Å²) in [6.07, 6.45) is 4.24. The molecule has 2 saturated heterocycles. The fraction of sp³-hybridized carbons (Fsp3) is 0.600. The molecule has 0 radical (unpaired) electrons. The summed E-state index contributed by atoms with van der Waals surface area (Å²) in [4.78, 5) is 27.1. The van der Waals surface area contributed by atoms with E-state index < -0.39 is 12.1 Å². The molecule has 0 unspecified atom stereocenters. The molecule has 140 valence electrons. The van der Waals surface area contributed by atoms with Crippen LogP contribution in [0.3, 0.4) is 0 Å². The monoisotopic (exact) mass is 357 g/mol. The highest BCUT2D eigenvalue weighted by Gasteiger charge is 2.45. The molecule has 4 rings (SSSR count). The number of ether oxygens (including phenoxy) is 1. The lowest BCUT2D eigenvalue weighted by Crippen LogP contribution is -2.53. The summed E-state index contributed by atoms with van der Waals surface area (Å²) in [5.74, 6) is -0.317. The van der Waals surface area contributed by atoms with Gasteiger partial charge >= 0.3 is 0 Å². The van der Waals surface area contributed by atoms with E-state index in [1.54, 1.807) is 0 Å². The summed E-state index contributed by atoms with van der Waals surface area (Å²) in [5.41, 5.74) is 1.12. The number of nitrogens with one attached hydrogen (secondary N) is 2. The van der Waals surface area contributed by atoms with Crippen LogP contribution in [0.4, 0.5) is 0 Å². The molecule has 1 saturated carbocycles. The van der Waals surface area contributed by atoms with E-state index in [1.165, 1.54) is 38.8 Å². The van der Waals surface area contributed by atoms with Crippen molar-refractivity contribution in [1.29, 1.82) is 0 Å². The highest BCUT2D eigenvalue weighted by atomic mass is 16.5. The zero-order valence-electron chi connectivity index (χ0n) is 15.1. The molecule has 1 aromatic carbocycles. The summed E-state index contributed by atoms with van der Waals surface area (Å²) < 4.78 is 5.60. The molecule has 26 heavy (non-hydrogen) atoms. The second-order valence-corrected chi connectivity index (χ2v) is 7.89. The molecule has 6 nitrogen and oxygen atoms in total. The van der Waals surface area contributed by atoms with Crippen LogP contribution in [0, 0.1) is 5.41 Å². The minimum absolute atomic E-state index is 0.0691. The van der Waals surface area contributed by atoms with Gasteiger partial charge in [-0.15, -0.1) is 0 Å². The first-order valence-corrected chi connectivity index (χ1v) is 9.61. The van der Waals surface area contributed by atoms with Crippen molar-refractivity contribution in [3.05, 3.63) is 35.9 Å². The summed E-state index contributed by atoms with van der Waals surface area (Å²) in [5, 5.41) is 6.00. The van der Waals surface area contributed by atoms with Gasteiger partial charge in [0.1, 0.15) is 6.61 Å². The lowest BCUT2D eigenvalue weighted by molar-refractivity contribution is -0.148. The van der Waals surface area contributed by atoms with Gasteiger partial charge in [0.25, 0.3) is 5.91 Å². The van der Waals surface area contributed by atoms with Crippen LogP contribution in [0.1, 0.15) is 37.3 Å². The van der Waals surface area contributed by atoms with Gasteiger partial charge in [-0.05, 0) is 44.3 Å². The second kappa shape index (κ2) is 7.37. The van der Waals surface area contributed by atoms with E-state index in [0.29, 0.717) is 6.54 Å². The molecule has 0 spiro atoms. The smallest absolute Gasteiger partial charge is 0.251 e. The molecule has 2 amide bonds. The van der Waals surface area contributed by atoms with Crippen LogP contribution < -0.4 is 10.6 Å². The van der Waals surface area contributed by atoms with E-state index in [2.05, 4.69) is 15.5 Å². The van der Waals surface area contributed by atoms with Gasteiger partial charge in [-0.1, -0.05) is 30.3 Å². The van der Waals surface area contributed by atoms with Gasteiger partial charge in [0.05, 0.1) is 6.04 Å². The SMILES string of the molecule is O=C1CO[C@H](C(=O)NCC2(CN3CCCC3)CC2)[C@@H](c2ccccc2)N1. The van der Waals surface area contributed by atoms with Crippen LogP contribution >= 0.6 is 0 Å². The maximum atomic E-state index is 12.8. The standard InChI is InChI=1S/C20H27N3O3/c24-16-12-26-18(17(22-16)15-6-2-1-3-7-15)19(25)21-13-20(8-9-20)14-23-10-4-5-11-23/h1-3,6-7,17-18H,4-5,8-14H2,(H,21,25)(H,22,24)/t17-,18+/m1/s1. The van der Waals surface area contributed by atoms with E-state index in [0.717, 1.165) is 12.1 Å². The fourth-order valence-corrected chi connectivity index (χ4v) is 4.06. The molecule has 1 aliphatic carbocycles. The van der Waals surface area contributed by atoms with Crippen LogP contribution in [-0.4, -0.2) is 55.6 Å². The third-order valence-corrected chi connectivity index (χ3v) is 5.78. The largest absolute Gasteiger partial charge is 0.356 e. The molecule has 2 aliphatic heterocycles. The molecule has 2 heterocycles. The van der Waals surface area contributed by atoms with Crippen LogP contribution in [0.25, 0.3) is 0 Å². The highest BCUT2D eigenvalue weighted by Crippen LogP contribution is 2.46. The summed E-state index contributed by atoms with van der Waals surface area (Å²) in [6, 6.07) is 9.11. The van der Waals surface area contributed by atoms with Crippen molar-refractivity contribution in [3.8, 4) is 0 Å². The third kappa shape index (κ3) is 3.91. The number of benzene rings is 1. The van der Waals surface area contributed by atoms with Crippen LogP contribution in [-0.2, 0) is 14.3 Å². The van der Waals surface area contributed by atoms with Crippen molar-refractivity contribution in [2.75, 3.05) is 32.8 Å². The molecule has 6 heteroatoms. The Hall–Kier alpha value is -1.92. The average molecular weight is 357 g/mol. The Kier molecular flexibility index (Phi) is 4.96. The zero-order chi connectivity index (χ0) is 18.0. The molecular formula is C20H27N3O3. The number of carbonyl (C=O) groups is 2. The number of hydrogen-bond acceptors (Lipinski definition) is 4. The molecule has 2 N–H and O–H groups in total. The molecule has 1 aromatic rings.